The van der Waals surface area contributed by atoms with Crippen LogP contribution in [-0.2, 0) is 11.2 Å². The molecule has 0 amide bonds. The third-order valence-electron chi connectivity index (χ3n) is 1.73. The monoisotopic (exact) mass is 261 g/mol. The minimum atomic E-state index is -0.842. The summed E-state index contributed by atoms with van der Waals surface area (Å²) in [5.41, 5.74) is 0.0302. The average Bonchev–Trinajstić information content (AvgIpc) is 2.42. The van der Waals surface area contributed by atoms with E-state index in [1.807, 2.05) is 6.92 Å². The van der Waals surface area contributed by atoms with E-state index in [2.05, 4.69) is 4.98 Å². The maximum atomic E-state index is 10.6. The Morgan fingerprint density at radius 2 is 2.19 bits per heavy atom. The predicted molar refractivity (Wildman–Crippen MR) is 65.2 cm³/mol. The van der Waals surface area contributed by atoms with E-state index >= 15 is 0 Å². The maximum absolute atomic E-state index is 10.6. The van der Waals surface area contributed by atoms with Gasteiger partial charge < -0.3 is 10.2 Å². The normalized spacial score (nSPS) is 11.8. The van der Waals surface area contributed by atoms with Gasteiger partial charge in [0.2, 0.25) is 0 Å². The summed E-state index contributed by atoms with van der Waals surface area (Å²) in [6.07, 6.45) is 0.0204. The van der Waals surface area contributed by atoms with Crippen LogP contribution >= 0.6 is 23.1 Å². The summed E-state index contributed by atoms with van der Waals surface area (Å²) in [6.45, 7) is 5.28. The van der Waals surface area contributed by atoms with E-state index in [9.17, 15) is 9.90 Å². The molecule has 90 valence electrons. The summed E-state index contributed by atoms with van der Waals surface area (Å²) in [5, 5.41) is 18.3. The fraction of sp³-hybridized carbons (Fsp3) is 0.600. The molecule has 16 heavy (non-hydrogen) atoms. The van der Waals surface area contributed by atoms with Crippen molar-refractivity contribution >= 4 is 29.1 Å². The van der Waals surface area contributed by atoms with Crippen LogP contribution in [-0.4, -0.2) is 32.5 Å². The second-order valence-electron chi connectivity index (χ2n) is 4.16. The van der Waals surface area contributed by atoms with Crippen LogP contribution in [0.25, 0.3) is 0 Å². The molecule has 0 aliphatic heterocycles. The Morgan fingerprint density at radius 1 is 1.56 bits per heavy atom. The van der Waals surface area contributed by atoms with E-state index in [1.165, 1.54) is 23.1 Å². The first-order valence-corrected chi connectivity index (χ1v) is 6.61. The molecular weight excluding hydrogens is 246 g/mol. The third-order valence-corrected chi connectivity index (χ3v) is 4.48. The Labute approximate surface area is 103 Å². The zero-order valence-corrected chi connectivity index (χ0v) is 11.1. The molecule has 0 atom stereocenters. The number of hydrogen-bond acceptors (Lipinski definition) is 5. The average molecular weight is 261 g/mol. The van der Waals surface area contributed by atoms with Gasteiger partial charge >= 0.3 is 5.97 Å². The van der Waals surface area contributed by atoms with Crippen molar-refractivity contribution in [1.82, 2.24) is 4.98 Å². The highest BCUT2D eigenvalue weighted by Crippen LogP contribution is 2.29. The quantitative estimate of drug-likeness (QED) is 0.793. The van der Waals surface area contributed by atoms with Gasteiger partial charge in [-0.2, -0.15) is 0 Å². The first-order valence-electron chi connectivity index (χ1n) is 4.81. The molecule has 0 bridgehead atoms. The van der Waals surface area contributed by atoms with Gasteiger partial charge in [-0.25, -0.2) is 4.98 Å². The standard InChI is InChI=1S/C10H15NO3S2/c1-6-7(4-8(12)13)16-9(11-6)15-5-10(2,3)14/h14H,4-5H2,1-3H3,(H,12,13). The van der Waals surface area contributed by atoms with Gasteiger partial charge in [-0.15, -0.1) is 11.3 Å². The molecule has 0 saturated carbocycles. The van der Waals surface area contributed by atoms with E-state index in [4.69, 9.17) is 5.11 Å². The lowest BCUT2D eigenvalue weighted by Crippen LogP contribution is -2.21. The molecule has 1 heterocycles. The van der Waals surface area contributed by atoms with E-state index in [1.54, 1.807) is 13.8 Å². The topological polar surface area (TPSA) is 70.4 Å². The highest BCUT2D eigenvalue weighted by atomic mass is 32.2. The summed E-state index contributed by atoms with van der Waals surface area (Å²) in [5.74, 6) is -0.294. The number of carbonyl (C=O) groups is 1. The fourth-order valence-electron chi connectivity index (χ4n) is 1.00. The highest BCUT2D eigenvalue weighted by Gasteiger charge is 2.16. The predicted octanol–water partition coefficient (Wildman–Crippen LogP) is 1.94. The number of carboxylic acid groups (broad SMARTS) is 1. The number of aromatic nitrogens is 1. The van der Waals surface area contributed by atoms with Crippen LogP contribution in [0.3, 0.4) is 0 Å². The van der Waals surface area contributed by atoms with Gasteiger partial charge in [0.25, 0.3) is 0 Å². The Kier molecular flexibility index (Phi) is 4.35. The highest BCUT2D eigenvalue weighted by molar-refractivity contribution is 8.01. The zero-order valence-electron chi connectivity index (χ0n) is 9.48. The van der Waals surface area contributed by atoms with Gasteiger partial charge in [-0.1, -0.05) is 11.8 Å². The largest absolute Gasteiger partial charge is 0.481 e. The number of aliphatic carboxylic acids is 1. The molecule has 1 rings (SSSR count). The molecular formula is C10H15NO3S2. The number of nitrogens with zero attached hydrogens (tertiary/aromatic N) is 1. The van der Waals surface area contributed by atoms with Crippen molar-refractivity contribution < 1.29 is 15.0 Å². The summed E-state index contributed by atoms with van der Waals surface area (Å²) in [4.78, 5) is 15.6. The molecule has 6 heteroatoms. The fourth-order valence-corrected chi connectivity index (χ4v) is 3.18. The molecule has 1 aromatic heterocycles. The lowest BCUT2D eigenvalue weighted by molar-refractivity contribution is -0.136. The molecule has 0 saturated heterocycles. The Hall–Kier alpha value is -0.590. The van der Waals surface area contributed by atoms with Crippen molar-refractivity contribution in [3.8, 4) is 0 Å². The summed E-state index contributed by atoms with van der Waals surface area (Å²) >= 11 is 2.84. The van der Waals surface area contributed by atoms with Gasteiger partial charge in [0.15, 0.2) is 0 Å². The minimum absolute atomic E-state index is 0.0204. The van der Waals surface area contributed by atoms with Crippen LogP contribution in [0.1, 0.15) is 24.4 Å². The van der Waals surface area contributed by atoms with Crippen molar-refractivity contribution in [2.75, 3.05) is 5.75 Å². The number of rotatable bonds is 5. The lowest BCUT2D eigenvalue weighted by atomic mass is 10.2. The number of thiazole rings is 1. The van der Waals surface area contributed by atoms with Crippen LogP contribution in [0.4, 0.5) is 0 Å². The third kappa shape index (κ3) is 4.51. The van der Waals surface area contributed by atoms with Gasteiger partial charge in [-0.3, -0.25) is 4.79 Å². The first-order chi connectivity index (χ1) is 7.28. The van der Waals surface area contributed by atoms with Crippen LogP contribution in [0.5, 0.6) is 0 Å². The molecule has 0 aliphatic carbocycles. The van der Waals surface area contributed by atoms with Gasteiger partial charge in [-0.05, 0) is 20.8 Å². The van der Waals surface area contributed by atoms with Gasteiger partial charge in [0, 0.05) is 10.6 Å². The SMILES string of the molecule is Cc1nc(SCC(C)(C)O)sc1CC(=O)O. The van der Waals surface area contributed by atoms with Gasteiger partial charge in [0.05, 0.1) is 17.7 Å². The molecule has 0 unspecified atom stereocenters. The van der Waals surface area contributed by atoms with Crippen LogP contribution in [0.15, 0.2) is 4.34 Å². The smallest absolute Gasteiger partial charge is 0.308 e. The number of aliphatic hydroxyl groups is 1. The second-order valence-corrected chi connectivity index (χ2v) is 6.47. The van der Waals surface area contributed by atoms with E-state index in [0.717, 1.165) is 14.9 Å². The van der Waals surface area contributed by atoms with Crippen LogP contribution < -0.4 is 0 Å². The van der Waals surface area contributed by atoms with Crippen molar-refractivity contribution in [3.05, 3.63) is 10.6 Å². The summed E-state index contributed by atoms with van der Waals surface area (Å²) in [7, 11) is 0. The van der Waals surface area contributed by atoms with Crippen LogP contribution in [0, 0.1) is 6.92 Å². The molecule has 2 N–H and O–H groups in total. The molecule has 4 nitrogen and oxygen atoms in total. The van der Waals surface area contributed by atoms with E-state index in [-0.39, 0.29) is 6.42 Å². The van der Waals surface area contributed by atoms with E-state index in [0.29, 0.717) is 5.75 Å². The number of hydrogen-bond donors (Lipinski definition) is 2. The Morgan fingerprint density at radius 3 is 2.69 bits per heavy atom. The maximum Gasteiger partial charge on any atom is 0.308 e. The molecule has 0 spiro atoms. The minimum Gasteiger partial charge on any atom is -0.481 e. The number of carboxylic acids is 1. The number of thioether (sulfide) groups is 1. The molecule has 0 fully saturated rings. The van der Waals surface area contributed by atoms with Crippen molar-refractivity contribution in [1.29, 1.82) is 0 Å². The first kappa shape index (κ1) is 13.5. The summed E-state index contributed by atoms with van der Waals surface area (Å²) < 4.78 is 0.816. The second kappa shape index (κ2) is 5.16. The van der Waals surface area contributed by atoms with Crippen molar-refractivity contribution in [2.24, 2.45) is 0 Å². The Balaban J connectivity index is 2.66. The lowest BCUT2D eigenvalue weighted by Gasteiger charge is -2.14. The van der Waals surface area contributed by atoms with Gasteiger partial charge in [0.1, 0.15) is 4.34 Å². The van der Waals surface area contributed by atoms with Crippen LogP contribution in [0.2, 0.25) is 0 Å². The van der Waals surface area contributed by atoms with Crippen molar-refractivity contribution in [2.45, 2.75) is 37.1 Å². The summed E-state index contributed by atoms with van der Waals surface area (Å²) in [6, 6.07) is 0. The zero-order chi connectivity index (χ0) is 12.3. The molecule has 0 aromatic carbocycles. The van der Waals surface area contributed by atoms with Crippen molar-refractivity contribution in [3.63, 3.8) is 0 Å². The number of aryl methyl sites for hydroxylation is 1. The Bertz CT molecular complexity index is 382. The molecule has 0 aliphatic rings. The molecule has 0 radical (unpaired) electrons. The van der Waals surface area contributed by atoms with E-state index < -0.39 is 11.6 Å². The molecule has 1 aromatic rings.